The Morgan fingerprint density at radius 1 is 1.38 bits per heavy atom. The van der Waals surface area contributed by atoms with Crippen LogP contribution in [0.1, 0.15) is 11.7 Å². The normalized spacial score (nSPS) is 12.0. The van der Waals surface area contributed by atoms with Crippen molar-refractivity contribution in [3.8, 4) is 5.75 Å². The molecule has 1 N–H and O–H groups in total. The number of benzene rings is 1. The van der Waals surface area contributed by atoms with Crippen LogP contribution in [0, 0.1) is 0 Å². The van der Waals surface area contributed by atoms with Crippen LogP contribution in [-0.4, -0.2) is 18.3 Å². The van der Waals surface area contributed by atoms with Crippen molar-refractivity contribution in [2.24, 2.45) is 5.11 Å². The molecule has 16 heavy (non-hydrogen) atoms. The molecule has 0 aromatic heterocycles. The Bertz CT molecular complexity index is 377. The van der Waals surface area contributed by atoms with Gasteiger partial charge < -0.3 is 9.84 Å². The van der Waals surface area contributed by atoms with E-state index in [4.69, 9.17) is 5.53 Å². The second kappa shape index (κ2) is 5.89. The molecule has 0 spiro atoms. The highest BCUT2D eigenvalue weighted by molar-refractivity contribution is 5.28. The molecule has 0 saturated heterocycles. The first kappa shape index (κ1) is 12.2. The predicted octanol–water partition coefficient (Wildman–Crippen LogP) is 2.63. The van der Waals surface area contributed by atoms with E-state index in [0.717, 1.165) is 0 Å². The van der Waals surface area contributed by atoms with E-state index in [1.165, 1.54) is 24.3 Å². The first-order valence-electron chi connectivity index (χ1n) is 4.37. The number of aliphatic hydroxyl groups excluding tert-OH is 1. The third-order valence-corrected chi connectivity index (χ3v) is 1.81. The molecule has 1 atom stereocenters. The zero-order valence-electron chi connectivity index (χ0n) is 8.12. The minimum atomic E-state index is -2.88. The Balaban J connectivity index is 2.66. The smallest absolute Gasteiger partial charge is 0.387 e. The van der Waals surface area contributed by atoms with Crippen LogP contribution in [-0.2, 0) is 0 Å². The summed E-state index contributed by atoms with van der Waals surface area (Å²) < 4.78 is 27.8. The van der Waals surface area contributed by atoms with Gasteiger partial charge >= 0.3 is 6.61 Å². The van der Waals surface area contributed by atoms with Crippen molar-refractivity contribution >= 4 is 0 Å². The van der Waals surface area contributed by atoms with Crippen molar-refractivity contribution < 1.29 is 18.6 Å². The highest BCUT2D eigenvalue weighted by Gasteiger charge is 2.08. The second-order valence-electron chi connectivity index (χ2n) is 2.88. The lowest BCUT2D eigenvalue weighted by atomic mass is 10.1. The van der Waals surface area contributed by atoms with Crippen molar-refractivity contribution in [3.05, 3.63) is 40.3 Å². The summed E-state index contributed by atoms with van der Waals surface area (Å²) in [7, 11) is 0. The second-order valence-corrected chi connectivity index (χ2v) is 2.88. The molecule has 0 bridgehead atoms. The van der Waals surface area contributed by atoms with Crippen molar-refractivity contribution in [2.75, 3.05) is 6.54 Å². The zero-order valence-corrected chi connectivity index (χ0v) is 8.12. The van der Waals surface area contributed by atoms with E-state index < -0.39 is 12.7 Å². The molecule has 0 radical (unpaired) electrons. The number of hydrogen-bond donors (Lipinski definition) is 1. The largest absolute Gasteiger partial charge is 0.435 e. The molecule has 7 heteroatoms. The van der Waals surface area contributed by atoms with E-state index in [1.807, 2.05) is 0 Å². The van der Waals surface area contributed by atoms with E-state index in [0.29, 0.717) is 5.56 Å². The van der Waals surface area contributed by atoms with E-state index in [-0.39, 0.29) is 12.3 Å². The van der Waals surface area contributed by atoms with Crippen LogP contribution in [0.4, 0.5) is 8.78 Å². The Hall–Kier alpha value is -1.85. The Morgan fingerprint density at radius 3 is 2.50 bits per heavy atom. The molecule has 0 amide bonds. The van der Waals surface area contributed by atoms with E-state index >= 15 is 0 Å². The standard InChI is InChI=1S/C9H9F2N3O2/c10-9(11)16-7-3-1-6(2-4-7)8(15)5-13-14-12/h1-4,8-9,15H,5H2. The summed E-state index contributed by atoms with van der Waals surface area (Å²) in [6, 6.07) is 5.46. The third-order valence-electron chi connectivity index (χ3n) is 1.81. The summed E-state index contributed by atoms with van der Waals surface area (Å²) in [5.41, 5.74) is 8.52. The molecule has 5 nitrogen and oxygen atoms in total. The maximum atomic E-state index is 11.8. The van der Waals surface area contributed by atoms with Gasteiger partial charge in [0.25, 0.3) is 0 Å². The number of halogens is 2. The zero-order chi connectivity index (χ0) is 12.0. The van der Waals surface area contributed by atoms with Gasteiger partial charge in [0.1, 0.15) is 5.75 Å². The predicted molar refractivity (Wildman–Crippen MR) is 52.0 cm³/mol. The lowest BCUT2D eigenvalue weighted by Crippen LogP contribution is -2.03. The summed E-state index contributed by atoms with van der Waals surface area (Å²) in [4.78, 5) is 2.50. The number of alkyl halides is 2. The van der Waals surface area contributed by atoms with Gasteiger partial charge in [-0.3, -0.25) is 0 Å². The summed E-state index contributed by atoms with van der Waals surface area (Å²) in [5.74, 6) is 0.00901. The summed E-state index contributed by atoms with van der Waals surface area (Å²) in [6.45, 7) is -2.98. The van der Waals surface area contributed by atoms with Gasteiger partial charge in [-0.15, -0.1) is 0 Å². The molecule has 0 aliphatic rings. The maximum absolute atomic E-state index is 11.8. The Kier molecular flexibility index (Phi) is 4.50. The van der Waals surface area contributed by atoms with Crippen LogP contribution in [0.5, 0.6) is 5.75 Å². The average molecular weight is 229 g/mol. The molecule has 0 fully saturated rings. The lowest BCUT2D eigenvalue weighted by Gasteiger charge is -2.09. The Morgan fingerprint density at radius 2 is 2.00 bits per heavy atom. The fraction of sp³-hybridized carbons (Fsp3) is 0.333. The van der Waals surface area contributed by atoms with E-state index in [2.05, 4.69) is 14.8 Å². The topological polar surface area (TPSA) is 78.2 Å². The molecular weight excluding hydrogens is 220 g/mol. The van der Waals surface area contributed by atoms with Gasteiger partial charge in [0.2, 0.25) is 0 Å². The number of rotatable bonds is 5. The summed E-state index contributed by atoms with van der Waals surface area (Å²) in [5, 5.41) is 12.7. The van der Waals surface area contributed by atoms with Gasteiger partial charge in [-0.1, -0.05) is 17.2 Å². The van der Waals surface area contributed by atoms with Crippen molar-refractivity contribution in [2.45, 2.75) is 12.7 Å². The van der Waals surface area contributed by atoms with Crippen LogP contribution in [0.2, 0.25) is 0 Å². The van der Waals surface area contributed by atoms with Gasteiger partial charge in [-0.25, -0.2) is 0 Å². The number of azide groups is 1. The number of ether oxygens (including phenoxy) is 1. The molecule has 0 heterocycles. The van der Waals surface area contributed by atoms with Gasteiger partial charge in [0, 0.05) is 4.91 Å². The molecule has 0 aliphatic carbocycles. The van der Waals surface area contributed by atoms with Gasteiger partial charge in [-0.05, 0) is 23.2 Å². The fourth-order valence-electron chi connectivity index (χ4n) is 1.09. The van der Waals surface area contributed by atoms with E-state index in [9.17, 15) is 13.9 Å². The maximum Gasteiger partial charge on any atom is 0.387 e. The average Bonchev–Trinajstić information content (AvgIpc) is 2.26. The molecule has 1 unspecified atom stereocenters. The fourth-order valence-corrected chi connectivity index (χ4v) is 1.09. The molecule has 1 aromatic rings. The Labute approximate surface area is 89.9 Å². The highest BCUT2D eigenvalue weighted by Crippen LogP contribution is 2.19. The molecule has 1 rings (SSSR count). The quantitative estimate of drug-likeness (QED) is 0.478. The van der Waals surface area contributed by atoms with Crippen LogP contribution >= 0.6 is 0 Å². The van der Waals surface area contributed by atoms with Gasteiger partial charge in [0.15, 0.2) is 0 Å². The number of hydrogen-bond acceptors (Lipinski definition) is 3. The first-order valence-corrected chi connectivity index (χ1v) is 4.37. The number of aliphatic hydroxyl groups is 1. The third kappa shape index (κ3) is 3.72. The summed E-state index contributed by atoms with van der Waals surface area (Å²) in [6.07, 6.45) is -0.948. The molecular formula is C9H9F2N3O2. The monoisotopic (exact) mass is 229 g/mol. The van der Waals surface area contributed by atoms with E-state index in [1.54, 1.807) is 0 Å². The highest BCUT2D eigenvalue weighted by atomic mass is 19.3. The molecule has 0 saturated carbocycles. The van der Waals surface area contributed by atoms with Gasteiger partial charge in [-0.2, -0.15) is 8.78 Å². The summed E-state index contributed by atoms with van der Waals surface area (Å²) >= 11 is 0. The minimum Gasteiger partial charge on any atom is -0.435 e. The molecule has 0 aliphatic heterocycles. The minimum absolute atomic E-state index is 0.00901. The van der Waals surface area contributed by atoms with Crippen LogP contribution < -0.4 is 4.74 Å². The van der Waals surface area contributed by atoms with Gasteiger partial charge in [0.05, 0.1) is 12.6 Å². The lowest BCUT2D eigenvalue weighted by molar-refractivity contribution is -0.0498. The van der Waals surface area contributed by atoms with Crippen molar-refractivity contribution in [1.82, 2.24) is 0 Å². The van der Waals surface area contributed by atoms with Crippen LogP contribution in [0.25, 0.3) is 10.4 Å². The van der Waals surface area contributed by atoms with Crippen LogP contribution in [0.3, 0.4) is 0 Å². The first-order chi connectivity index (χ1) is 7.63. The molecule has 86 valence electrons. The SMILES string of the molecule is [N-]=[N+]=NCC(O)c1ccc(OC(F)F)cc1. The van der Waals surface area contributed by atoms with Crippen LogP contribution in [0.15, 0.2) is 29.4 Å². The number of nitrogens with zero attached hydrogens (tertiary/aromatic N) is 3. The molecule has 1 aromatic carbocycles. The van der Waals surface area contributed by atoms with Crippen molar-refractivity contribution in [1.29, 1.82) is 0 Å². The van der Waals surface area contributed by atoms with Crippen molar-refractivity contribution in [3.63, 3.8) is 0 Å².